The second-order valence-electron chi connectivity index (χ2n) is 13.6. The summed E-state index contributed by atoms with van der Waals surface area (Å²) in [6.07, 6.45) is 0. The summed E-state index contributed by atoms with van der Waals surface area (Å²) in [5, 5.41) is 14.7. The lowest BCUT2D eigenvalue weighted by atomic mass is 9.83. The molecule has 0 saturated heterocycles. The van der Waals surface area contributed by atoms with Crippen LogP contribution in [-0.2, 0) is 0 Å². The van der Waals surface area contributed by atoms with Gasteiger partial charge in [0.25, 0.3) is 0 Å². The number of hydrogen-bond donors (Lipinski definition) is 0. The Bertz CT molecular complexity index is 3140. The quantitative estimate of drug-likeness (QED) is 0.174. The smallest absolute Gasteiger partial charge is 0.143 e. The first-order valence-corrected chi connectivity index (χ1v) is 17.6. The SMILES string of the molecule is c1ccc2cc(-c3c4ccccc4c(-c4ccc(-c5ccc6oc7c8ccccc8ccc7c6c5)c5ccccc45)c4ccccc34)ccc2c1. The van der Waals surface area contributed by atoms with E-state index in [2.05, 4.69) is 182 Å². The van der Waals surface area contributed by atoms with Crippen molar-refractivity contribution in [1.29, 1.82) is 0 Å². The fourth-order valence-corrected chi connectivity index (χ4v) is 8.52. The minimum Gasteiger partial charge on any atom is -0.455 e. The third-order valence-corrected chi connectivity index (χ3v) is 10.8. The van der Waals surface area contributed by atoms with Gasteiger partial charge in [-0.1, -0.05) is 158 Å². The van der Waals surface area contributed by atoms with E-state index in [9.17, 15) is 0 Å². The summed E-state index contributed by atoms with van der Waals surface area (Å²) in [5.74, 6) is 0. The van der Waals surface area contributed by atoms with Crippen molar-refractivity contribution < 1.29 is 4.42 Å². The van der Waals surface area contributed by atoms with Crippen LogP contribution in [0.5, 0.6) is 0 Å². The number of furan rings is 1. The van der Waals surface area contributed by atoms with Gasteiger partial charge in [0.1, 0.15) is 11.2 Å². The molecule has 0 radical (unpaired) electrons. The Kier molecular flexibility index (Phi) is 6.02. The Morgan fingerprint density at radius 1 is 0.275 bits per heavy atom. The van der Waals surface area contributed by atoms with Gasteiger partial charge in [0.2, 0.25) is 0 Å². The van der Waals surface area contributed by atoms with Crippen molar-refractivity contribution in [2.75, 3.05) is 0 Å². The van der Waals surface area contributed by atoms with Crippen LogP contribution in [0.1, 0.15) is 0 Å². The molecule has 0 aliphatic heterocycles. The van der Waals surface area contributed by atoms with E-state index in [1.165, 1.54) is 81.9 Å². The van der Waals surface area contributed by atoms with Crippen LogP contribution in [0.4, 0.5) is 0 Å². The van der Waals surface area contributed by atoms with Crippen molar-refractivity contribution in [2.45, 2.75) is 0 Å². The highest BCUT2D eigenvalue weighted by Crippen LogP contribution is 2.47. The molecule has 0 atom stereocenters. The van der Waals surface area contributed by atoms with Crippen LogP contribution < -0.4 is 0 Å². The minimum atomic E-state index is 0.912. The zero-order chi connectivity index (χ0) is 33.5. The van der Waals surface area contributed by atoms with Gasteiger partial charge in [-0.25, -0.2) is 0 Å². The lowest BCUT2D eigenvalue weighted by Crippen LogP contribution is -1.92. The maximum Gasteiger partial charge on any atom is 0.143 e. The molecule has 11 aromatic rings. The van der Waals surface area contributed by atoms with E-state index in [1.54, 1.807) is 0 Å². The number of rotatable bonds is 3. The van der Waals surface area contributed by atoms with Crippen LogP contribution in [0.25, 0.3) is 109 Å². The molecule has 0 spiro atoms. The molecule has 0 N–H and O–H groups in total. The first-order valence-electron chi connectivity index (χ1n) is 17.6. The summed E-state index contributed by atoms with van der Waals surface area (Å²) in [7, 11) is 0. The average Bonchev–Trinajstić information content (AvgIpc) is 3.58. The minimum absolute atomic E-state index is 0.912. The van der Waals surface area contributed by atoms with E-state index >= 15 is 0 Å². The monoisotopic (exact) mass is 646 g/mol. The Hall–Kier alpha value is -6.70. The highest BCUT2D eigenvalue weighted by Gasteiger charge is 2.20. The predicted molar refractivity (Wildman–Crippen MR) is 218 cm³/mol. The molecule has 1 heteroatoms. The van der Waals surface area contributed by atoms with Gasteiger partial charge in [-0.2, -0.15) is 0 Å². The number of hydrogen-bond acceptors (Lipinski definition) is 1. The topological polar surface area (TPSA) is 13.1 Å². The molecular weight excluding hydrogens is 617 g/mol. The van der Waals surface area contributed by atoms with E-state index < -0.39 is 0 Å². The van der Waals surface area contributed by atoms with Gasteiger partial charge in [0, 0.05) is 16.2 Å². The van der Waals surface area contributed by atoms with Crippen LogP contribution in [0.3, 0.4) is 0 Å². The van der Waals surface area contributed by atoms with E-state index in [-0.39, 0.29) is 0 Å². The summed E-state index contributed by atoms with van der Waals surface area (Å²) in [6, 6.07) is 66.4. The first kappa shape index (κ1) is 28.2. The standard InChI is InChI=1S/C50H30O/c1-2-13-33-29-35(22-21-31(33)11-1)48-40-17-7-9-19-42(40)49(43-20-10-8-18-41(43)48)44-27-26-36(38-15-5-6-16-39(38)44)34-24-28-47-46(30-34)45-25-23-32-12-3-4-14-37(32)50(45)51-47/h1-30H. The summed E-state index contributed by atoms with van der Waals surface area (Å²) < 4.78 is 6.47. The molecule has 1 nitrogen and oxygen atoms in total. The number of benzene rings is 10. The van der Waals surface area contributed by atoms with Crippen molar-refractivity contribution in [1.82, 2.24) is 0 Å². The number of fused-ring (bicyclic) bond motifs is 9. The molecule has 11 rings (SSSR count). The molecular formula is C50H30O. The van der Waals surface area contributed by atoms with Crippen molar-refractivity contribution >= 4 is 75.8 Å². The highest BCUT2D eigenvalue weighted by molar-refractivity contribution is 6.24. The lowest BCUT2D eigenvalue weighted by Gasteiger charge is -2.20. The molecule has 0 bridgehead atoms. The third-order valence-electron chi connectivity index (χ3n) is 10.8. The van der Waals surface area contributed by atoms with E-state index in [0.29, 0.717) is 0 Å². The first-order chi connectivity index (χ1) is 25.3. The van der Waals surface area contributed by atoms with E-state index in [0.717, 1.165) is 27.3 Å². The average molecular weight is 647 g/mol. The zero-order valence-corrected chi connectivity index (χ0v) is 27.7. The van der Waals surface area contributed by atoms with Crippen LogP contribution >= 0.6 is 0 Å². The summed E-state index contributed by atoms with van der Waals surface area (Å²) in [4.78, 5) is 0. The Labute approximate surface area is 294 Å². The normalized spacial score (nSPS) is 11.9. The summed E-state index contributed by atoms with van der Waals surface area (Å²) in [6.45, 7) is 0. The van der Waals surface area contributed by atoms with Gasteiger partial charge in [0.15, 0.2) is 0 Å². The van der Waals surface area contributed by atoms with Crippen LogP contribution in [0, 0.1) is 0 Å². The maximum atomic E-state index is 6.47. The Morgan fingerprint density at radius 2 is 0.804 bits per heavy atom. The van der Waals surface area contributed by atoms with Gasteiger partial charge >= 0.3 is 0 Å². The van der Waals surface area contributed by atoms with E-state index in [4.69, 9.17) is 4.42 Å². The Balaban J connectivity index is 1.15. The molecule has 1 heterocycles. The molecule has 0 amide bonds. The molecule has 51 heavy (non-hydrogen) atoms. The summed E-state index contributed by atoms with van der Waals surface area (Å²) in [5.41, 5.74) is 9.30. The van der Waals surface area contributed by atoms with Gasteiger partial charge in [-0.3, -0.25) is 0 Å². The van der Waals surface area contributed by atoms with E-state index in [1.807, 2.05) is 0 Å². The molecule has 0 saturated carbocycles. The molecule has 0 aliphatic rings. The molecule has 0 fully saturated rings. The lowest BCUT2D eigenvalue weighted by molar-refractivity contribution is 0.672. The fourth-order valence-electron chi connectivity index (χ4n) is 8.52. The largest absolute Gasteiger partial charge is 0.455 e. The molecule has 10 aromatic carbocycles. The second kappa shape index (κ2) is 10.9. The zero-order valence-electron chi connectivity index (χ0n) is 27.7. The van der Waals surface area contributed by atoms with Gasteiger partial charge < -0.3 is 4.42 Å². The molecule has 0 unspecified atom stereocenters. The molecule has 1 aromatic heterocycles. The molecule has 236 valence electrons. The van der Waals surface area contributed by atoms with Crippen molar-refractivity contribution in [3.05, 3.63) is 182 Å². The maximum absolute atomic E-state index is 6.47. The van der Waals surface area contributed by atoms with Crippen LogP contribution in [0.2, 0.25) is 0 Å². The van der Waals surface area contributed by atoms with Gasteiger partial charge in [-0.15, -0.1) is 0 Å². The molecule has 0 aliphatic carbocycles. The predicted octanol–water partition coefficient (Wildman–Crippen LogP) is 14.4. The van der Waals surface area contributed by atoms with Gasteiger partial charge in [0.05, 0.1) is 0 Å². The highest BCUT2D eigenvalue weighted by atomic mass is 16.3. The van der Waals surface area contributed by atoms with Crippen LogP contribution in [-0.4, -0.2) is 0 Å². The second-order valence-corrected chi connectivity index (χ2v) is 13.6. The Morgan fingerprint density at radius 3 is 1.53 bits per heavy atom. The third kappa shape index (κ3) is 4.22. The van der Waals surface area contributed by atoms with Crippen molar-refractivity contribution in [2.24, 2.45) is 0 Å². The summed E-state index contributed by atoms with van der Waals surface area (Å²) >= 11 is 0. The fraction of sp³-hybridized carbons (Fsp3) is 0. The van der Waals surface area contributed by atoms with Crippen molar-refractivity contribution in [3.8, 4) is 33.4 Å². The van der Waals surface area contributed by atoms with Crippen molar-refractivity contribution in [3.63, 3.8) is 0 Å². The van der Waals surface area contributed by atoms with Gasteiger partial charge in [-0.05, 0) is 106 Å². The van der Waals surface area contributed by atoms with Crippen LogP contribution in [0.15, 0.2) is 186 Å².